The van der Waals surface area contributed by atoms with Crippen molar-refractivity contribution in [2.75, 3.05) is 44.3 Å². The second-order valence-electron chi connectivity index (χ2n) is 6.73. The summed E-state index contributed by atoms with van der Waals surface area (Å²) in [6.45, 7) is 7.57. The molecule has 7 heteroatoms. The highest BCUT2D eigenvalue weighted by atomic mass is 127. The Labute approximate surface area is 189 Å². The second kappa shape index (κ2) is 12.6. The van der Waals surface area contributed by atoms with Crippen LogP contribution in [0.5, 0.6) is 0 Å². The average molecular weight is 512 g/mol. The van der Waals surface area contributed by atoms with Gasteiger partial charge >= 0.3 is 0 Å². The van der Waals surface area contributed by atoms with E-state index in [1.165, 1.54) is 23.4 Å². The number of aliphatic imine (C=N–C) groups is 1. The number of rotatable bonds is 7. The Morgan fingerprint density at radius 1 is 1.07 bits per heavy atom. The molecule has 158 valence electrons. The van der Waals surface area contributed by atoms with Crippen molar-refractivity contribution in [1.82, 2.24) is 10.6 Å². The van der Waals surface area contributed by atoms with E-state index in [-0.39, 0.29) is 29.8 Å². The lowest BCUT2D eigenvalue weighted by atomic mass is 10.1. The van der Waals surface area contributed by atoms with Crippen LogP contribution in [0.3, 0.4) is 0 Å². The van der Waals surface area contributed by atoms with E-state index in [9.17, 15) is 4.39 Å². The number of ether oxygens (including phenoxy) is 1. The van der Waals surface area contributed by atoms with Crippen LogP contribution < -0.4 is 15.5 Å². The third-order valence-corrected chi connectivity index (χ3v) is 4.71. The van der Waals surface area contributed by atoms with Gasteiger partial charge in [-0.2, -0.15) is 0 Å². The van der Waals surface area contributed by atoms with Gasteiger partial charge in [0.1, 0.15) is 5.82 Å². The third kappa shape index (κ3) is 7.47. The first kappa shape index (κ1) is 23.4. The first-order valence-electron chi connectivity index (χ1n) is 9.93. The topological polar surface area (TPSA) is 48.9 Å². The summed E-state index contributed by atoms with van der Waals surface area (Å²) in [6.07, 6.45) is 0.815. The number of nitrogens with one attached hydrogen (secondary N) is 2. The smallest absolute Gasteiger partial charge is 0.191 e. The molecule has 1 fully saturated rings. The van der Waals surface area contributed by atoms with Gasteiger partial charge in [-0.25, -0.2) is 9.38 Å². The van der Waals surface area contributed by atoms with Crippen molar-refractivity contribution in [3.05, 3.63) is 65.5 Å². The largest absolute Gasteiger partial charge is 0.378 e. The lowest BCUT2D eigenvalue weighted by Gasteiger charge is -2.30. The predicted octanol–water partition coefficient (Wildman–Crippen LogP) is 3.58. The molecule has 2 aromatic carbocycles. The highest BCUT2D eigenvalue weighted by Crippen LogP contribution is 2.22. The van der Waals surface area contributed by atoms with Crippen molar-refractivity contribution in [3.8, 4) is 0 Å². The molecule has 1 aliphatic rings. The first-order chi connectivity index (χ1) is 13.8. The molecule has 2 aromatic rings. The minimum atomic E-state index is -0.203. The average Bonchev–Trinajstić information content (AvgIpc) is 2.74. The molecule has 0 bridgehead atoms. The summed E-state index contributed by atoms with van der Waals surface area (Å²) in [6, 6.07) is 15.1. The van der Waals surface area contributed by atoms with Gasteiger partial charge in [-0.1, -0.05) is 30.3 Å². The first-order valence-corrected chi connectivity index (χ1v) is 9.93. The van der Waals surface area contributed by atoms with Crippen LogP contribution in [0.4, 0.5) is 10.1 Å². The Kier molecular flexibility index (Phi) is 10.2. The molecular formula is C22H30FIN4O. The van der Waals surface area contributed by atoms with Gasteiger partial charge in [-0.3, -0.25) is 0 Å². The number of halogens is 2. The van der Waals surface area contributed by atoms with Gasteiger partial charge in [0.15, 0.2) is 5.96 Å². The molecule has 0 aromatic heterocycles. The Bertz CT molecular complexity index is 764. The fraction of sp³-hybridized carbons (Fsp3) is 0.409. The zero-order valence-corrected chi connectivity index (χ0v) is 19.2. The van der Waals surface area contributed by atoms with Gasteiger partial charge in [0.05, 0.1) is 19.8 Å². The maximum absolute atomic E-state index is 13.0. The predicted molar refractivity (Wildman–Crippen MR) is 128 cm³/mol. The molecule has 29 heavy (non-hydrogen) atoms. The molecule has 3 rings (SSSR count). The monoisotopic (exact) mass is 512 g/mol. The van der Waals surface area contributed by atoms with E-state index in [4.69, 9.17) is 9.73 Å². The van der Waals surface area contributed by atoms with Crippen LogP contribution >= 0.6 is 24.0 Å². The molecule has 0 atom stereocenters. The molecule has 1 aliphatic heterocycles. The van der Waals surface area contributed by atoms with E-state index in [0.717, 1.165) is 57.3 Å². The van der Waals surface area contributed by atoms with E-state index in [1.807, 2.05) is 12.1 Å². The molecule has 5 nitrogen and oxygen atoms in total. The van der Waals surface area contributed by atoms with E-state index in [2.05, 4.69) is 46.7 Å². The molecule has 1 saturated heterocycles. The minimum absolute atomic E-state index is 0. The molecule has 1 heterocycles. The van der Waals surface area contributed by atoms with Gasteiger partial charge in [-0.15, -0.1) is 24.0 Å². The summed E-state index contributed by atoms with van der Waals surface area (Å²) in [5.74, 6) is 0.590. The summed E-state index contributed by atoms with van der Waals surface area (Å²) in [5, 5.41) is 6.66. The molecule has 0 radical (unpaired) electrons. The van der Waals surface area contributed by atoms with Crippen molar-refractivity contribution in [2.24, 2.45) is 4.99 Å². The van der Waals surface area contributed by atoms with Gasteiger partial charge in [0.25, 0.3) is 0 Å². The minimum Gasteiger partial charge on any atom is -0.378 e. The van der Waals surface area contributed by atoms with Crippen LogP contribution in [0.25, 0.3) is 0 Å². The number of hydrogen-bond acceptors (Lipinski definition) is 3. The fourth-order valence-electron chi connectivity index (χ4n) is 3.24. The third-order valence-electron chi connectivity index (χ3n) is 4.71. The van der Waals surface area contributed by atoms with E-state index >= 15 is 0 Å². The molecule has 0 unspecified atom stereocenters. The van der Waals surface area contributed by atoms with Crippen molar-refractivity contribution in [1.29, 1.82) is 0 Å². The summed E-state index contributed by atoms with van der Waals surface area (Å²) >= 11 is 0. The fourth-order valence-corrected chi connectivity index (χ4v) is 3.24. The summed E-state index contributed by atoms with van der Waals surface area (Å²) in [4.78, 5) is 7.13. The van der Waals surface area contributed by atoms with Crippen LogP contribution in [0.2, 0.25) is 0 Å². The van der Waals surface area contributed by atoms with E-state index in [1.54, 1.807) is 0 Å². The van der Waals surface area contributed by atoms with Crippen molar-refractivity contribution >= 4 is 35.6 Å². The Morgan fingerprint density at radius 3 is 2.52 bits per heavy atom. The van der Waals surface area contributed by atoms with Crippen LogP contribution in [-0.2, 0) is 17.7 Å². The Balaban J connectivity index is 0.00000300. The number of nitrogens with zero attached hydrogens (tertiary/aromatic N) is 2. The number of morpholine rings is 1. The van der Waals surface area contributed by atoms with Gasteiger partial charge in [0.2, 0.25) is 0 Å². The maximum Gasteiger partial charge on any atom is 0.191 e. The highest BCUT2D eigenvalue weighted by molar-refractivity contribution is 14.0. The number of para-hydroxylation sites is 1. The van der Waals surface area contributed by atoms with Crippen LogP contribution in [-0.4, -0.2) is 45.4 Å². The van der Waals surface area contributed by atoms with Crippen LogP contribution in [0, 0.1) is 5.82 Å². The van der Waals surface area contributed by atoms with Crippen molar-refractivity contribution in [2.45, 2.75) is 19.9 Å². The second-order valence-corrected chi connectivity index (χ2v) is 6.73. The molecule has 0 spiro atoms. The zero-order valence-electron chi connectivity index (χ0n) is 16.9. The molecular weight excluding hydrogens is 482 g/mol. The van der Waals surface area contributed by atoms with Crippen molar-refractivity contribution < 1.29 is 9.13 Å². The number of anilines is 1. The van der Waals surface area contributed by atoms with E-state index in [0.29, 0.717) is 6.54 Å². The summed E-state index contributed by atoms with van der Waals surface area (Å²) in [5.41, 5.74) is 3.54. The summed E-state index contributed by atoms with van der Waals surface area (Å²) < 4.78 is 18.5. The van der Waals surface area contributed by atoms with Gasteiger partial charge in [0, 0.05) is 31.9 Å². The maximum atomic E-state index is 13.0. The molecule has 0 saturated carbocycles. The van der Waals surface area contributed by atoms with Crippen LogP contribution in [0.15, 0.2) is 53.5 Å². The number of hydrogen-bond donors (Lipinski definition) is 2. The zero-order chi connectivity index (χ0) is 19.6. The summed E-state index contributed by atoms with van der Waals surface area (Å²) in [7, 11) is 0. The molecule has 0 aliphatic carbocycles. The molecule has 2 N–H and O–H groups in total. The number of guanidine groups is 1. The Morgan fingerprint density at radius 2 is 1.79 bits per heavy atom. The SMILES string of the molecule is CCNC(=NCc1ccccc1N1CCOCC1)NCCc1ccc(F)cc1.I. The highest BCUT2D eigenvalue weighted by Gasteiger charge is 2.14. The van der Waals surface area contributed by atoms with Gasteiger partial charge < -0.3 is 20.3 Å². The quantitative estimate of drug-likeness (QED) is 0.339. The standard InChI is InChI=1S/C22H29FN4O.HI/c1-2-24-22(25-12-11-18-7-9-20(23)10-8-18)26-17-19-5-3-4-6-21(19)27-13-15-28-16-14-27;/h3-10H,2,11-17H2,1H3,(H2,24,25,26);1H. The number of benzene rings is 2. The Hall–Kier alpha value is -1.87. The van der Waals surface area contributed by atoms with Crippen molar-refractivity contribution in [3.63, 3.8) is 0 Å². The lowest BCUT2D eigenvalue weighted by molar-refractivity contribution is 0.122. The van der Waals surface area contributed by atoms with Crippen LogP contribution in [0.1, 0.15) is 18.1 Å². The van der Waals surface area contributed by atoms with E-state index < -0.39 is 0 Å². The normalized spacial score (nSPS) is 14.3. The van der Waals surface area contributed by atoms with Gasteiger partial charge in [-0.05, 0) is 42.7 Å². The lowest BCUT2D eigenvalue weighted by Crippen LogP contribution is -2.38. The molecule has 0 amide bonds.